The average molecular weight is 217 g/mol. The van der Waals surface area contributed by atoms with E-state index >= 15 is 0 Å². The maximum atomic E-state index is 13.5. The fraction of sp³-hybridized carbons (Fsp3) is 0.0833. The third-order valence-electron chi connectivity index (χ3n) is 2.10. The average Bonchev–Trinajstić information content (AvgIpc) is 2.65. The molecule has 2 aromatic rings. The molecule has 1 aromatic carbocycles. The van der Waals surface area contributed by atoms with Crippen LogP contribution in [0.5, 0.6) is 0 Å². The molecule has 0 aliphatic rings. The monoisotopic (exact) mass is 217 g/mol. The zero-order valence-electron chi connectivity index (χ0n) is 8.12. The first-order valence-electron chi connectivity index (χ1n) is 4.47. The van der Waals surface area contributed by atoms with E-state index in [1.807, 2.05) is 25.1 Å². The lowest BCUT2D eigenvalue weighted by molar-refractivity contribution is 0.631. The Morgan fingerprint density at radius 1 is 1.27 bits per heavy atom. The van der Waals surface area contributed by atoms with Crippen molar-refractivity contribution in [1.29, 1.82) is 5.26 Å². The van der Waals surface area contributed by atoms with Gasteiger partial charge in [-0.25, -0.2) is 4.39 Å². The predicted octanol–water partition coefficient (Wildman–Crippen LogP) is 3.73. The summed E-state index contributed by atoms with van der Waals surface area (Å²) in [6.07, 6.45) is 0. The molecule has 0 saturated heterocycles. The minimum atomic E-state index is -0.282. The fourth-order valence-corrected chi connectivity index (χ4v) is 2.25. The van der Waals surface area contributed by atoms with Crippen molar-refractivity contribution in [2.75, 3.05) is 0 Å². The molecular weight excluding hydrogens is 209 g/mol. The van der Waals surface area contributed by atoms with Crippen molar-refractivity contribution in [2.24, 2.45) is 0 Å². The van der Waals surface area contributed by atoms with Crippen LogP contribution in [-0.2, 0) is 0 Å². The van der Waals surface area contributed by atoms with Gasteiger partial charge in [0, 0.05) is 15.3 Å². The first-order chi connectivity index (χ1) is 7.20. The van der Waals surface area contributed by atoms with E-state index in [4.69, 9.17) is 5.26 Å². The number of halogens is 1. The second-order valence-corrected chi connectivity index (χ2v) is 4.50. The van der Waals surface area contributed by atoms with E-state index in [1.165, 1.54) is 23.5 Å². The number of nitriles is 1. The molecule has 0 unspecified atom stereocenters. The Morgan fingerprint density at radius 2 is 2.07 bits per heavy atom. The van der Waals surface area contributed by atoms with Crippen molar-refractivity contribution in [3.05, 3.63) is 46.6 Å². The SMILES string of the molecule is Cc1ccc(-c2cc(C#N)ccc2F)s1. The smallest absolute Gasteiger partial charge is 0.131 e. The van der Waals surface area contributed by atoms with Crippen LogP contribution in [-0.4, -0.2) is 0 Å². The van der Waals surface area contributed by atoms with Gasteiger partial charge in [0.25, 0.3) is 0 Å². The third kappa shape index (κ3) is 1.90. The van der Waals surface area contributed by atoms with Crippen LogP contribution in [0, 0.1) is 24.1 Å². The standard InChI is InChI=1S/C12H8FNS/c1-8-2-5-12(15-8)10-6-9(7-14)3-4-11(10)13/h2-6H,1H3. The summed E-state index contributed by atoms with van der Waals surface area (Å²) in [7, 11) is 0. The minimum Gasteiger partial charge on any atom is -0.206 e. The Morgan fingerprint density at radius 3 is 2.67 bits per heavy atom. The molecule has 0 fully saturated rings. The van der Waals surface area contributed by atoms with Gasteiger partial charge in [0.2, 0.25) is 0 Å². The van der Waals surface area contributed by atoms with E-state index < -0.39 is 0 Å². The summed E-state index contributed by atoms with van der Waals surface area (Å²) < 4.78 is 13.5. The van der Waals surface area contributed by atoms with Crippen LogP contribution in [0.2, 0.25) is 0 Å². The van der Waals surface area contributed by atoms with Crippen LogP contribution in [0.25, 0.3) is 10.4 Å². The van der Waals surface area contributed by atoms with Gasteiger partial charge in [-0.15, -0.1) is 11.3 Å². The first kappa shape index (κ1) is 9.88. The number of aryl methyl sites for hydroxylation is 1. The number of nitrogens with zero attached hydrogens (tertiary/aromatic N) is 1. The second kappa shape index (κ2) is 3.84. The summed E-state index contributed by atoms with van der Waals surface area (Å²) in [6, 6.07) is 10.2. The minimum absolute atomic E-state index is 0.282. The van der Waals surface area contributed by atoms with Crippen LogP contribution in [0.1, 0.15) is 10.4 Å². The van der Waals surface area contributed by atoms with Gasteiger partial charge < -0.3 is 0 Å². The maximum absolute atomic E-state index is 13.5. The van der Waals surface area contributed by atoms with E-state index in [0.717, 1.165) is 9.75 Å². The van der Waals surface area contributed by atoms with Crippen molar-refractivity contribution in [3.63, 3.8) is 0 Å². The number of hydrogen-bond acceptors (Lipinski definition) is 2. The molecule has 0 saturated carbocycles. The quantitative estimate of drug-likeness (QED) is 0.714. The number of benzene rings is 1. The Hall–Kier alpha value is -1.66. The molecule has 74 valence electrons. The molecule has 3 heteroatoms. The molecule has 0 atom stereocenters. The highest BCUT2D eigenvalue weighted by Crippen LogP contribution is 2.30. The van der Waals surface area contributed by atoms with Crippen LogP contribution < -0.4 is 0 Å². The summed E-state index contributed by atoms with van der Waals surface area (Å²) in [5.41, 5.74) is 0.990. The van der Waals surface area contributed by atoms with Gasteiger partial charge in [-0.3, -0.25) is 0 Å². The predicted molar refractivity (Wildman–Crippen MR) is 59.2 cm³/mol. The van der Waals surface area contributed by atoms with Crippen LogP contribution >= 0.6 is 11.3 Å². The molecular formula is C12H8FNS. The highest BCUT2D eigenvalue weighted by molar-refractivity contribution is 7.15. The molecule has 0 spiro atoms. The second-order valence-electron chi connectivity index (χ2n) is 3.22. The molecule has 0 aliphatic heterocycles. The third-order valence-corrected chi connectivity index (χ3v) is 3.14. The first-order valence-corrected chi connectivity index (χ1v) is 5.29. The Kier molecular flexibility index (Phi) is 2.53. The van der Waals surface area contributed by atoms with Gasteiger partial charge >= 0.3 is 0 Å². The van der Waals surface area contributed by atoms with Gasteiger partial charge in [-0.1, -0.05) is 0 Å². The summed E-state index contributed by atoms with van der Waals surface area (Å²) in [6.45, 7) is 1.97. The van der Waals surface area contributed by atoms with Gasteiger partial charge in [-0.05, 0) is 37.3 Å². The fourth-order valence-electron chi connectivity index (χ4n) is 1.36. The Labute approximate surface area is 91.4 Å². The zero-order valence-corrected chi connectivity index (χ0v) is 8.94. The normalized spacial score (nSPS) is 9.93. The van der Waals surface area contributed by atoms with Crippen LogP contribution in [0.15, 0.2) is 30.3 Å². The zero-order chi connectivity index (χ0) is 10.8. The number of thiophene rings is 1. The summed E-state index contributed by atoms with van der Waals surface area (Å²) in [5, 5.41) is 8.74. The molecule has 0 radical (unpaired) electrons. The highest BCUT2D eigenvalue weighted by atomic mass is 32.1. The van der Waals surface area contributed by atoms with E-state index in [2.05, 4.69) is 0 Å². The molecule has 2 rings (SSSR count). The molecule has 0 N–H and O–H groups in total. The van der Waals surface area contributed by atoms with E-state index in [-0.39, 0.29) is 5.82 Å². The Balaban J connectivity index is 2.57. The molecule has 15 heavy (non-hydrogen) atoms. The van der Waals surface area contributed by atoms with E-state index in [0.29, 0.717) is 11.1 Å². The van der Waals surface area contributed by atoms with Gasteiger partial charge in [-0.2, -0.15) is 5.26 Å². The van der Waals surface area contributed by atoms with Crippen molar-refractivity contribution in [3.8, 4) is 16.5 Å². The summed E-state index contributed by atoms with van der Waals surface area (Å²) in [4.78, 5) is 1.99. The molecule has 0 bridgehead atoms. The van der Waals surface area contributed by atoms with Crippen molar-refractivity contribution >= 4 is 11.3 Å². The van der Waals surface area contributed by atoms with Gasteiger partial charge in [0.15, 0.2) is 0 Å². The molecule has 1 heterocycles. The topological polar surface area (TPSA) is 23.8 Å². The molecule has 1 nitrogen and oxygen atoms in total. The van der Waals surface area contributed by atoms with E-state index in [9.17, 15) is 4.39 Å². The van der Waals surface area contributed by atoms with Gasteiger partial charge in [0.05, 0.1) is 11.6 Å². The van der Waals surface area contributed by atoms with Crippen LogP contribution in [0.3, 0.4) is 0 Å². The lowest BCUT2D eigenvalue weighted by Gasteiger charge is -1.99. The van der Waals surface area contributed by atoms with Crippen LogP contribution in [0.4, 0.5) is 4.39 Å². The lowest BCUT2D eigenvalue weighted by Crippen LogP contribution is -1.83. The Bertz CT molecular complexity index is 537. The van der Waals surface area contributed by atoms with E-state index in [1.54, 1.807) is 6.07 Å². The van der Waals surface area contributed by atoms with Crippen molar-refractivity contribution in [1.82, 2.24) is 0 Å². The van der Waals surface area contributed by atoms with Gasteiger partial charge in [0.1, 0.15) is 5.82 Å². The largest absolute Gasteiger partial charge is 0.206 e. The van der Waals surface area contributed by atoms with Crippen molar-refractivity contribution < 1.29 is 4.39 Å². The number of hydrogen-bond donors (Lipinski definition) is 0. The molecule has 0 amide bonds. The summed E-state index contributed by atoms with van der Waals surface area (Å²) in [5.74, 6) is -0.282. The lowest BCUT2D eigenvalue weighted by atomic mass is 10.1. The van der Waals surface area contributed by atoms with Crippen molar-refractivity contribution in [2.45, 2.75) is 6.92 Å². The maximum Gasteiger partial charge on any atom is 0.131 e. The molecule has 1 aromatic heterocycles. The molecule has 0 aliphatic carbocycles. The number of rotatable bonds is 1. The summed E-state index contributed by atoms with van der Waals surface area (Å²) >= 11 is 1.52. The highest BCUT2D eigenvalue weighted by Gasteiger charge is 2.07.